The van der Waals surface area contributed by atoms with Gasteiger partial charge in [-0.25, -0.2) is 4.79 Å². The van der Waals surface area contributed by atoms with E-state index in [1.807, 2.05) is 13.0 Å². The number of benzene rings is 2. The molecule has 0 aliphatic heterocycles. The maximum Gasteiger partial charge on any atom is 0.333 e. The number of hydrogen-bond acceptors (Lipinski definition) is 6. The first kappa shape index (κ1) is 21.1. The molecule has 6 heteroatoms. The van der Waals surface area contributed by atoms with Crippen molar-refractivity contribution in [1.82, 2.24) is 0 Å². The van der Waals surface area contributed by atoms with E-state index in [0.717, 1.165) is 12.0 Å². The summed E-state index contributed by atoms with van der Waals surface area (Å²) in [6.07, 6.45) is 0.745. The predicted octanol–water partition coefficient (Wildman–Crippen LogP) is 4.19. The van der Waals surface area contributed by atoms with E-state index in [1.54, 1.807) is 36.4 Å². The highest BCUT2D eigenvalue weighted by atomic mass is 16.5. The number of ether oxygens (including phenoxy) is 2. The van der Waals surface area contributed by atoms with Gasteiger partial charge in [0.2, 0.25) is 0 Å². The Bertz CT molecular complexity index is 854. The molecule has 0 bridgehead atoms. The first-order valence-corrected chi connectivity index (χ1v) is 9.22. The van der Waals surface area contributed by atoms with E-state index in [9.17, 15) is 9.90 Å². The average molecular weight is 382 g/mol. The topological polar surface area (TPSA) is 91.6 Å². The number of nitrogens with one attached hydrogen (secondary N) is 1. The van der Waals surface area contributed by atoms with Crippen LogP contribution in [0.1, 0.15) is 43.5 Å². The monoisotopic (exact) mass is 382 g/mol. The summed E-state index contributed by atoms with van der Waals surface area (Å²) in [5.74, 6) is 0.478. The summed E-state index contributed by atoms with van der Waals surface area (Å²) < 4.78 is 10.7. The molecule has 0 aliphatic carbocycles. The lowest BCUT2D eigenvalue weighted by atomic mass is 9.97. The number of rotatable bonds is 8. The highest BCUT2D eigenvalue weighted by Gasteiger charge is 2.26. The zero-order valence-electron chi connectivity index (χ0n) is 16.7. The Morgan fingerprint density at radius 3 is 2.46 bits per heavy atom. The fourth-order valence-corrected chi connectivity index (χ4v) is 2.94. The molecule has 0 saturated heterocycles. The number of phenolic OH excluding ortho intramolecular Hbond substituents is 1. The average Bonchev–Trinajstić information content (AvgIpc) is 2.68. The second-order valence-electron chi connectivity index (χ2n) is 6.84. The van der Waals surface area contributed by atoms with E-state index >= 15 is 0 Å². The number of phenols is 1. The number of aromatic hydroxyl groups is 1. The van der Waals surface area contributed by atoms with E-state index in [-0.39, 0.29) is 5.75 Å². The van der Waals surface area contributed by atoms with Crippen LogP contribution >= 0.6 is 0 Å². The first-order chi connectivity index (χ1) is 13.4. The van der Waals surface area contributed by atoms with Crippen molar-refractivity contribution in [2.75, 3.05) is 19.0 Å². The zero-order valence-corrected chi connectivity index (χ0v) is 16.7. The third kappa shape index (κ3) is 5.17. The van der Waals surface area contributed by atoms with Crippen LogP contribution < -0.4 is 10.1 Å². The third-order valence-corrected chi connectivity index (χ3v) is 4.21. The lowest BCUT2D eigenvalue weighted by molar-refractivity contribution is -0.141. The standard InChI is InChI=1S/C22H26N2O4/c1-5-28-20-12-18(19(25)11-16(20)10-14(2)3)21(22(26)27-4)24-17-8-6-15(13-23)7-9-17/h6-9,11-12,14,21,24-25H,5,10H2,1-4H3. The normalized spacial score (nSPS) is 11.6. The van der Waals surface area contributed by atoms with Gasteiger partial charge in [-0.05, 0) is 61.2 Å². The fraction of sp³-hybridized carbons (Fsp3) is 0.364. The van der Waals surface area contributed by atoms with E-state index in [0.29, 0.717) is 35.1 Å². The number of methoxy groups -OCH3 is 1. The van der Waals surface area contributed by atoms with Crippen LogP contribution in [0.25, 0.3) is 0 Å². The van der Waals surface area contributed by atoms with Gasteiger partial charge in [-0.15, -0.1) is 0 Å². The van der Waals surface area contributed by atoms with E-state index < -0.39 is 12.0 Å². The van der Waals surface area contributed by atoms with E-state index in [1.165, 1.54) is 7.11 Å². The molecule has 0 heterocycles. The van der Waals surface area contributed by atoms with Crippen molar-refractivity contribution in [2.45, 2.75) is 33.2 Å². The molecule has 1 unspecified atom stereocenters. The molecule has 0 radical (unpaired) electrons. The lowest BCUT2D eigenvalue weighted by Crippen LogP contribution is -2.22. The maximum atomic E-state index is 12.4. The summed E-state index contributed by atoms with van der Waals surface area (Å²) in [4.78, 5) is 12.4. The molecule has 0 amide bonds. The summed E-state index contributed by atoms with van der Waals surface area (Å²) in [6, 6.07) is 11.1. The Morgan fingerprint density at radius 1 is 1.25 bits per heavy atom. The summed E-state index contributed by atoms with van der Waals surface area (Å²) >= 11 is 0. The molecule has 0 aromatic heterocycles. The van der Waals surface area contributed by atoms with E-state index in [2.05, 4.69) is 19.2 Å². The van der Waals surface area contributed by atoms with Gasteiger partial charge in [0.05, 0.1) is 25.3 Å². The van der Waals surface area contributed by atoms with Gasteiger partial charge in [-0.1, -0.05) is 13.8 Å². The fourth-order valence-electron chi connectivity index (χ4n) is 2.94. The highest BCUT2D eigenvalue weighted by molar-refractivity contribution is 5.82. The largest absolute Gasteiger partial charge is 0.508 e. The number of carbonyl (C=O) groups is 1. The first-order valence-electron chi connectivity index (χ1n) is 9.22. The molecule has 2 N–H and O–H groups in total. The summed E-state index contributed by atoms with van der Waals surface area (Å²) in [7, 11) is 1.30. The Labute approximate surface area is 165 Å². The summed E-state index contributed by atoms with van der Waals surface area (Å²) in [5.41, 5.74) is 2.39. The van der Waals surface area contributed by atoms with Gasteiger partial charge in [0.15, 0.2) is 6.04 Å². The van der Waals surface area contributed by atoms with Crippen LogP contribution in [-0.4, -0.2) is 24.8 Å². The minimum absolute atomic E-state index is 0.00403. The van der Waals surface area contributed by atoms with Crippen LogP contribution in [0.3, 0.4) is 0 Å². The molecule has 148 valence electrons. The van der Waals surface area contributed by atoms with Crippen molar-refractivity contribution in [1.29, 1.82) is 5.26 Å². The van der Waals surface area contributed by atoms with Gasteiger partial charge in [0, 0.05) is 11.3 Å². The highest BCUT2D eigenvalue weighted by Crippen LogP contribution is 2.35. The summed E-state index contributed by atoms with van der Waals surface area (Å²) in [6.45, 7) is 6.54. The van der Waals surface area contributed by atoms with Crippen molar-refractivity contribution < 1.29 is 19.4 Å². The quantitative estimate of drug-likeness (QED) is 0.665. The van der Waals surface area contributed by atoms with Crippen LogP contribution in [0, 0.1) is 17.2 Å². The minimum atomic E-state index is -0.926. The maximum absolute atomic E-state index is 12.4. The number of anilines is 1. The number of nitrogens with zero attached hydrogens (tertiary/aromatic N) is 1. The molecule has 0 fully saturated rings. The number of esters is 1. The van der Waals surface area contributed by atoms with Gasteiger partial charge in [-0.3, -0.25) is 0 Å². The second-order valence-corrected chi connectivity index (χ2v) is 6.84. The lowest BCUT2D eigenvalue weighted by Gasteiger charge is -2.22. The molecule has 2 aromatic carbocycles. The molecule has 6 nitrogen and oxygen atoms in total. The molecule has 0 spiro atoms. The Kier molecular flexibility index (Phi) is 7.28. The number of hydrogen-bond donors (Lipinski definition) is 2. The number of nitriles is 1. The molecule has 2 rings (SSSR count). The van der Waals surface area contributed by atoms with Crippen LogP contribution in [-0.2, 0) is 16.0 Å². The molecule has 1 atom stereocenters. The van der Waals surface area contributed by atoms with Crippen molar-refractivity contribution in [3.63, 3.8) is 0 Å². The van der Waals surface area contributed by atoms with Gasteiger partial charge in [-0.2, -0.15) is 5.26 Å². The smallest absolute Gasteiger partial charge is 0.333 e. The molecular formula is C22H26N2O4. The molecular weight excluding hydrogens is 356 g/mol. The SMILES string of the molecule is CCOc1cc(C(Nc2ccc(C#N)cc2)C(=O)OC)c(O)cc1CC(C)C. The zero-order chi connectivity index (χ0) is 20.7. The van der Waals surface area contributed by atoms with Gasteiger partial charge in [0.1, 0.15) is 11.5 Å². The van der Waals surface area contributed by atoms with E-state index in [4.69, 9.17) is 14.7 Å². The van der Waals surface area contributed by atoms with Crippen LogP contribution in [0.2, 0.25) is 0 Å². The molecule has 28 heavy (non-hydrogen) atoms. The van der Waals surface area contributed by atoms with Crippen molar-refractivity contribution in [3.8, 4) is 17.6 Å². The van der Waals surface area contributed by atoms with Gasteiger partial charge >= 0.3 is 5.97 Å². The van der Waals surface area contributed by atoms with Gasteiger partial charge in [0.25, 0.3) is 0 Å². The third-order valence-electron chi connectivity index (χ3n) is 4.21. The predicted molar refractivity (Wildman–Crippen MR) is 107 cm³/mol. The van der Waals surface area contributed by atoms with Crippen molar-refractivity contribution >= 4 is 11.7 Å². The van der Waals surface area contributed by atoms with Gasteiger partial charge < -0.3 is 19.9 Å². The molecule has 0 saturated carbocycles. The Morgan fingerprint density at radius 2 is 1.93 bits per heavy atom. The van der Waals surface area contributed by atoms with Crippen molar-refractivity contribution in [3.05, 3.63) is 53.1 Å². The van der Waals surface area contributed by atoms with Crippen molar-refractivity contribution in [2.24, 2.45) is 5.92 Å². The Balaban J connectivity index is 2.45. The summed E-state index contributed by atoms with van der Waals surface area (Å²) in [5, 5.41) is 22.6. The minimum Gasteiger partial charge on any atom is -0.508 e. The van der Waals surface area contributed by atoms with Crippen LogP contribution in [0.4, 0.5) is 5.69 Å². The Hall–Kier alpha value is -3.20. The molecule has 0 aliphatic rings. The van der Waals surface area contributed by atoms with Crippen LogP contribution in [0.5, 0.6) is 11.5 Å². The number of carbonyl (C=O) groups excluding carboxylic acids is 1. The second kappa shape index (κ2) is 9.65. The molecule has 2 aromatic rings. The van der Waals surface area contributed by atoms with Crippen LogP contribution in [0.15, 0.2) is 36.4 Å².